The first-order chi connectivity index (χ1) is 14.4. The first-order valence-electron chi connectivity index (χ1n) is 9.15. The number of ether oxygens (including phenoxy) is 1. The predicted octanol–water partition coefficient (Wildman–Crippen LogP) is 2.95. The standard InChI is InChI=1S/C19H19ClN4O4S2/c1-21-30(26,27)13-3-4-15(20)14(11-13)18(25)22-12-2-5-16-17(10-12)29-19(23-16)24-6-8-28-9-7-24/h2-5,10-11,21H,6-9H2,1H3,(H,22,25). The van der Waals surface area contributed by atoms with Gasteiger partial charge in [-0.2, -0.15) is 0 Å². The van der Waals surface area contributed by atoms with Crippen molar-refractivity contribution < 1.29 is 17.9 Å². The van der Waals surface area contributed by atoms with Gasteiger partial charge in [0.1, 0.15) is 0 Å². The van der Waals surface area contributed by atoms with E-state index in [0.717, 1.165) is 28.4 Å². The lowest BCUT2D eigenvalue weighted by atomic mass is 10.2. The second-order valence-electron chi connectivity index (χ2n) is 6.58. The highest BCUT2D eigenvalue weighted by Crippen LogP contribution is 2.31. The minimum absolute atomic E-state index is 0.0346. The number of nitrogens with zero attached hydrogens (tertiary/aromatic N) is 2. The number of aromatic nitrogens is 1. The largest absolute Gasteiger partial charge is 0.378 e. The van der Waals surface area contributed by atoms with E-state index >= 15 is 0 Å². The van der Waals surface area contributed by atoms with Gasteiger partial charge in [-0.15, -0.1) is 0 Å². The van der Waals surface area contributed by atoms with Crippen LogP contribution < -0.4 is 14.9 Å². The Morgan fingerprint density at radius 1 is 1.20 bits per heavy atom. The molecule has 2 heterocycles. The SMILES string of the molecule is CNS(=O)(=O)c1ccc(Cl)c(C(=O)Nc2ccc3nc(N4CCOCC4)sc3c2)c1. The van der Waals surface area contributed by atoms with E-state index in [1.165, 1.54) is 25.2 Å². The Balaban J connectivity index is 1.58. The van der Waals surface area contributed by atoms with Gasteiger partial charge in [0.15, 0.2) is 5.13 Å². The zero-order chi connectivity index (χ0) is 21.3. The Hall–Kier alpha value is -2.24. The maximum Gasteiger partial charge on any atom is 0.257 e. The topological polar surface area (TPSA) is 101 Å². The number of halogens is 1. The van der Waals surface area contributed by atoms with Crippen molar-refractivity contribution in [3.05, 3.63) is 47.0 Å². The quantitative estimate of drug-likeness (QED) is 0.599. The van der Waals surface area contributed by atoms with E-state index < -0.39 is 15.9 Å². The lowest BCUT2D eigenvalue weighted by Gasteiger charge is -2.25. The monoisotopic (exact) mass is 466 g/mol. The summed E-state index contributed by atoms with van der Waals surface area (Å²) in [4.78, 5) is 19.6. The van der Waals surface area contributed by atoms with E-state index in [2.05, 4.69) is 19.9 Å². The third kappa shape index (κ3) is 4.28. The lowest BCUT2D eigenvalue weighted by molar-refractivity contribution is 0.102. The number of thiazole rings is 1. The molecule has 0 spiro atoms. The molecule has 3 aromatic rings. The Morgan fingerprint density at radius 2 is 1.97 bits per heavy atom. The summed E-state index contributed by atoms with van der Waals surface area (Å²) in [6.07, 6.45) is 0. The smallest absolute Gasteiger partial charge is 0.257 e. The van der Waals surface area contributed by atoms with Gasteiger partial charge in [-0.05, 0) is 43.4 Å². The van der Waals surface area contributed by atoms with E-state index in [1.807, 2.05) is 12.1 Å². The van der Waals surface area contributed by atoms with Gasteiger partial charge in [0.2, 0.25) is 10.0 Å². The average Bonchev–Trinajstić information content (AvgIpc) is 3.18. The third-order valence-corrected chi connectivity index (χ3v) is 7.50. The summed E-state index contributed by atoms with van der Waals surface area (Å²) in [6, 6.07) is 9.44. The highest BCUT2D eigenvalue weighted by molar-refractivity contribution is 7.89. The van der Waals surface area contributed by atoms with E-state index in [0.29, 0.717) is 18.9 Å². The van der Waals surface area contributed by atoms with Crippen molar-refractivity contribution >= 4 is 59.9 Å². The van der Waals surface area contributed by atoms with Gasteiger partial charge in [-0.1, -0.05) is 22.9 Å². The van der Waals surface area contributed by atoms with Crippen molar-refractivity contribution in [1.29, 1.82) is 0 Å². The number of morpholine rings is 1. The number of amides is 1. The number of anilines is 2. The van der Waals surface area contributed by atoms with Crippen molar-refractivity contribution in [2.45, 2.75) is 4.90 Å². The van der Waals surface area contributed by atoms with Gasteiger partial charge < -0.3 is 15.0 Å². The van der Waals surface area contributed by atoms with E-state index in [1.54, 1.807) is 17.4 Å². The molecule has 1 saturated heterocycles. The maximum absolute atomic E-state index is 12.7. The number of rotatable bonds is 5. The number of carbonyl (C=O) groups excluding carboxylic acids is 1. The molecule has 1 aromatic heterocycles. The minimum Gasteiger partial charge on any atom is -0.378 e. The van der Waals surface area contributed by atoms with Crippen molar-refractivity contribution in [2.24, 2.45) is 0 Å². The molecule has 30 heavy (non-hydrogen) atoms. The van der Waals surface area contributed by atoms with Crippen LogP contribution in [0.3, 0.4) is 0 Å². The first-order valence-corrected chi connectivity index (χ1v) is 11.8. The summed E-state index contributed by atoms with van der Waals surface area (Å²) in [7, 11) is -2.38. The Kier molecular flexibility index (Phi) is 5.94. The maximum atomic E-state index is 12.7. The summed E-state index contributed by atoms with van der Waals surface area (Å²) in [5, 5.41) is 3.87. The van der Waals surface area contributed by atoms with Gasteiger partial charge in [0.05, 0.1) is 38.9 Å². The van der Waals surface area contributed by atoms with Crippen LogP contribution >= 0.6 is 22.9 Å². The number of nitrogens with one attached hydrogen (secondary N) is 2. The molecule has 1 aliphatic rings. The fourth-order valence-electron chi connectivity index (χ4n) is 3.04. The molecule has 0 unspecified atom stereocenters. The number of sulfonamides is 1. The van der Waals surface area contributed by atoms with E-state index in [9.17, 15) is 13.2 Å². The van der Waals surface area contributed by atoms with Crippen molar-refractivity contribution in [3.63, 3.8) is 0 Å². The van der Waals surface area contributed by atoms with E-state index in [4.69, 9.17) is 16.3 Å². The molecule has 0 radical (unpaired) electrons. The average molecular weight is 467 g/mol. The molecule has 1 aliphatic heterocycles. The summed E-state index contributed by atoms with van der Waals surface area (Å²) < 4.78 is 32.6. The van der Waals surface area contributed by atoms with Crippen LogP contribution in [0.25, 0.3) is 10.2 Å². The van der Waals surface area contributed by atoms with Crippen LogP contribution in [-0.2, 0) is 14.8 Å². The molecule has 0 atom stereocenters. The first kappa shape index (κ1) is 21.0. The van der Waals surface area contributed by atoms with Crippen molar-refractivity contribution in [2.75, 3.05) is 43.6 Å². The molecule has 11 heteroatoms. The zero-order valence-corrected chi connectivity index (χ0v) is 18.4. The second-order valence-corrected chi connectivity index (χ2v) is 9.88. The fraction of sp³-hybridized carbons (Fsp3) is 0.263. The van der Waals surface area contributed by atoms with Gasteiger partial charge in [-0.3, -0.25) is 4.79 Å². The van der Waals surface area contributed by atoms with Crippen molar-refractivity contribution in [1.82, 2.24) is 9.71 Å². The van der Waals surface area contributed by atoms with Crippen molar-refractivity contribution in [3.8, 4) is 0 Å². The molecule has 2 N–H and O–H groups in total. The van der Waals surface area contributed by atoms with Gasteiger partial charge in [-0.25, -0.2) is 18.1 Å². The van der Waals surface area contributed by atoms with Crippen LogP contribution in [0.4, 0.5) is 10.8 Å². The Labute approximate surface area is 182 Å². The van der Waals surface area contributed by atoms with Crippen LogP contribution in [0.2, 0.25) is 5.02 Å². The van der Waals surface area contributed by atoms with Crippen LogP contribution in [-0.4, -0.2) is 52.7 Å². The number of carbonyl (C=O) groups is 1. The molecule has 1 fully saturated rings. The molecule has 4 rings (SSSR count). The molecule has 0 saturated carbocycles. The van der Waals surface area contributed by atoms with Crippen LogP contribution in [0.5, 0.6) is 0 Å². The third-order valence-electron chi connectivity index (χ3n) is 4.68. The Morgan fingerprint density at radius 3 is 2.70 bits per heavy atom. The Bertz CT molecular complexity index is 1210. The number of hydrogen-bond donors (Lipinski definition) is 2. The predicted molar refractivity (Wildman–Crippen MR) is 118 cm³/mol. The number of hydrogen-bond acceptors (Lipinski definition) is 7. The highest BCUT2D eigenvalue weighted by Gasteiger charge is 2.19. The summed E-state index contributed by atoms with van der Waals surface area (Å²) in [5.74, 6) is -0.495. The molecule has 8 nitrogen and oxygen atoms in total. The van der Waals surface area contributed by atoms with Gasteiger partial charge >= 0.3 is 0 Å². The zero-order valence-electron chi connectivity index (χ0n) is 16.0. The molecular formula is C19H19ClN4O4S2. The number of benzene rings is 2. The summed E-state index contributed by atoms with van der Waals surface area (Å²) in [6.45, 7) is 2.96. The molecule has 0 aliphatic carbocycles. The summed E-state index contributed by atoms with van der Waals surface area (Å²) in [5.41, 5.74) is 1.49. The van der Waals surface area contributed by atoms with Crippen LogP contribution in [0.15, 0.2) is 41.3 Å². The normalized spacial score (nSPS) is 14.8. The molecule has 2 aromatic carbocycles. The molecular weight excluding hydrogens is 448 g/mol. The summed E-state index contributed by atoms with van der Waals surface area (Å²) >= 11 is 7.68. The lowest BCUT2D eigenvalue weighted by Crippen LogP contribution is -2.36. The molecule has 1 amide bonds. The molecule has 158 valence electrons. The fourth-order valence-corrected chi connectivity index (χ4v) is 5.06. The highest BCUT2D eigenvalue weighted by atomic mass is 35.5. The van der Waals surface area contributed by atoms with Gasteiger partial charge in [0, 0.05) is 18.8 Å². The number of fused-ring (bicyclic) bond motifs is 1. The van der Waals surface area contributed by atoms with E-state index in [-0.39, 0.29) is 15.5 Å². The second kappa shape index (κ2) is 8.48. The van der Waals surface area contributed by atoms with Gasteiger partial charge in [0.25, 0.3) is 5.91 Å². The molecule has 0 bridgehead atoms. The van der Waals surface area contributed by atoms with Crippen LogP contribution in [0.1, 0.15) is 10.4 Å². The minimum atomic E-state index is -3.69. The van der Waals surface area contributed by atoms with Crippen LogP contribution in [0, 0.1) is 0 Å².